The highest BCUT2D eigenvalue weighted by atomic mass is 32.2. The third kappa shape index (κ3) is 12.8. The molecule has 0 aliphatic carbocycles. The van der Waals surface area contributed by atoms with Crippen molar-refractivity contribution in [1.82, 2.24) is 0 Å². The number of carbonyl (C=O) groups is 3. The largest absolute Gasteiger partial charge is 0.481 e. The minimum atomic E-state index is -0.937. The number of carbonyl (C=O) groups excluding carboxylic acids is 2. The van der Waals surface area contributed by atoms with Crippen molar-refractivity contribution in [2.24, 2.45) is 5.73 Å². The third-order valence-electron chi connectivity index (χ3n) is 2.49. The second-order valence-electron chi connectivity index (χ2n) is 5.89. The molecule has 8 nitrogen and oxygen atoms in total. The molecule has 0 bridgehead atoms. The van der Waals surface area contributed by atoms with Crippen LogP contribution in [0.2, 0.25) is 0 Å². The number of amides is 1. The molecular weight excluding hydrogens is 391 g/mol. The molecule has 1 amide bonds. The van der Waals surface area contributed by atoms with E-state index in [0.29, 0.717) is 4.90 Å². The molecular formula is C18H29FN2O6S. The van der Waals surface area contributed by atoms with Crippen molar-refractivity contribution >= 4 is 35.5 Å². The van der Waals surface area contributed by atoms with Gasteiger partial charge in [-0.05, 0) is 32.9 Å². The van der Waals surface area contributed by atoms with Gasteiger partial charge in [0.25, 0.3) is 0 Å². The number of nitrogens with two attached hydrogens (primary N) is 2. The Hall–Kier alpha value is -2.49. The third-order valence-corrected chi connectivity index (χ3v) is 3.56. The number of esters is 1. The summed E-state index contributed by atoms with van der Waals surface area (Å²) in [6.07, 6.45) is -0.776. The van der Waals surface area contributed by atoms with Crippen molar-refractivity contribution in [2.45, 2.75) is 51.5 Å². The lowest BCUT2D eigenvalue weighted by molar-refractivity contribution is -0.136. The van der Waals surface area contributed by atoms with Crippen LogP contribution < -0.4 is 11.5 Å². The second kappa shape index (κ2) is 13.6. The number of benzene rings is 1. The van der Waals surface area contributed by atoms with E-state index in [2.05, 4.69) is 9.47 Å². The molecule has 0 radical (unpaired) electrons. The average Bonchev–Trinajstić information content (AvgIpc) is 2.56. The van der Waals surface area contributed by atoms with Crippen LogP contribution in [-0.2, 0) is 14.3 Å². The zero-order chi connectivity index (χ0) is 22.5. The Kier molecular flexibility index (Phi) is 13.5. The molecule has 0 aliphatic heterocycles. The predicted molar refractivity (Wildman–Crippen MR) is 107 cm³/mol. The Bertz CT molecular complexity index is 662. The topological polar surface area (TPSA) is 142 Å². The van der Waals surface area contributed by atoms with Gasteiger partial charge in [0.2, 0.25) is 0 Å². The number of hydrogen-bond donors (Lipinski definition) is 3. The Morgan fingerprint density at radius 1 is 1.21 bits per heavy atom. The van der Waals surface area contributed by atoms with E-state index in [1.165, 1.54) is 6.07 Å². The van der Waals surface area contributed by atoms with Crippen LogP contribution in [0, 0.1) is 5.82 Å². The molecule has 0 aliphatic rings. The quantitative estimate of drug-likeness (QED) is 0.372. The van der Waals surface area contributed by atoms with E-state index >= 15 is 0 Å². The lowest BCUT2D eigenvalue weighted by Gasteiger charge is -2.16. The molecule has 0 unspecified atom stereocenters. The smallest absolute Gasteiger partial charge is 0.405 e. The number of methoxy groups -OCH3 is 1. The van der Waals surface area contributed by atoms with E-state index in [0.717, 1.165) is 24.9 Å². The Balaban J connectivity index is 0. The number of nitrogen functional groups attached to an aromatic ring is 1. The molecule has 0 fully saturated rings. The summed E-state index contributed by atoms with van der Waals surface area (Å²) in [6.45, 7) is 9.28. The fourth-order valence-electron chi connectivity index (χ4n) is 1.51. The summed E-state index contributed by atoms with van der Waals surface area (Å²) in [6, 6.07) is 2.29. The molecule has 1 aromatic rings. The fraction of sp³-hybridized carbons (Fsp3) is 0.500. The van der Waals surface area contributed by atoms with Crippen LogP contribution in [0.4, 0.5) is 14.9 Å². The van der Waals surface area contributed by atoms with Gasteiger partial charge in [-0.15, -0.1) is 11.8 Å². The number of halogens is 1. The monoisotopic (exact) mass is 420 g/mol. The Morgan fingerprint density at radius 2 is 1.75 bits per heavy atom. The number of anilines is 1. The highest BCUT2D eigenvalue weighted by Gasteiger charge is 2.15. The van der Waals surface area contributed by atoms with E-state index in [1.54, 1.807) is 20.8 Å². The van der Waals surface area contributed by atoms with Crippen molar-refractivity contribution in [3.63, 3.8) is 0 Å². The van der Waals surface area contributed by atoms with E-state index in [1.807, 2.05) is 13.8 Å². The van der Waals surface area contributed by atoms with Crippen LogP contribution >= 0.6 is 11.8 Å². The van der Waals surface area contributed by atoms with Gasteiger partial charge in [-0.3, -0.25) is 4.79 Å². The van der Waals surface area contributed by atoms with Gasteiger partial charge >= 0.3 is 18.0 Å². The standard InChI is InChI=1S/C11H12FNO4S.C5H11NO2.C2H6/c1-17-11(16)6-4-8(13)9(5-7(6)12)18-3-2-10(14)15;1-5(2,3)8-4(6)7;1-2/h4-5H,2-3,13H2,1H3,(H,14,15);1-3H3,(H2,6,7);1-2H3. The number of aliphatic carboxylic acids is 1. The van der Waals surface area contributed by atoms with Crippen LogP contribution in [0.3, 0.4) is 0 Å². The predicted octanol–water partition coefficient (Wildman–Crippen LogP) is 3.67. The van der Waals surface area contributed by atoms with Crippen molar-refractivity contribution in [3.05, 3.63) is 23.5 Å². The molecule has 0 atom stereocenters. The van der Waals surface area contributed by atoms with E-state index < -0.39 is 29.5 Å². The lowest BCUT2D eigenvalue weighted by Crippen LogP contribution is -2.27. The van der Waals surface area contributed by atoms with E-state index in [4.69, 9.17) is 16.6 Å². The number of rotatable bonds is 5. The van der Waals surface area contributed by atoms with Gasteiger partial charge in [-0.1, -0.05) is 13.8 Å². The molecule has 5 N–H and O–H groups in total. The van der Waals surface area contributed by atoms with Gasteiger partial charge in [0.05, 0.1) is 19.1 Å². The number of thioether (sulfide) groups is 1. The summed E-state index contributed by atoms with van der Waals surface area (Å²) >= 11 is 1.12. The van der Waals surface area contributed by atoms with Crippen LogP contribution in [0.25, 0.3) is 0 Å². The zero-order valence-electron chi connectivity index (χ0n) is 17.0. The number of primary amides is 1. The first-order valence-corrected chi connectivity index (χ1v) is 9.36. The first kappa shape index (κ1) is 27.7. The van der Waals surface area contributed by atoms with Crippen LogP contribution in [0.1, 0.15) is 51.4 Å². The number of carboxylic acid groups (broad SMARTS) is 1. The van der Waals surface area contributed by atoms with Gasteiger partial charge < -0.3 is 26.0 Å². The Labute approximate surface area is 168 Å². The maximum Gasteiger partial charge on any atom is 0.405 e. The molecule has 0 saturated heterocycles. The highest BCUT2D eigenvalue weighted by molar-refractivity contribution is 7.99. The van der Waals surface area contributed by atoms with Gasteiger partial charge in [-0.2, -0.15) is 0 Å². The molecule has 10 heteroatoms. The van der Waals surface area contributed by atoms with Crippen LogP contribution in [0.15, 0.2) is 17.0 Å². The molecule has 0 saturated carbocycles. The van der Waals surface area contributed by atoms with Crippen molar-refractivity contribution in [3.8, 4) is 0 Å². The van der Waals surface area contributed by atoms with Gasteiger partial charge in [0.1, 0.15) is 11.4 Å². The molecule has 0 aromatic heterocycles. The second-order valence-corrected chi connectivity index (χ2v) is 7.02. The summed E-state index contributed by atoms with van der Waals surface area (Å²) in [5.74, 6) is -2.21. The van der Waals surface area contributed by atoms with Gasteiger partial charge in [0.15, 0.2) is 0 Å². The number of ether oxygens (including phenoxy) is 2. The lowest BCUT2D eigenvalue weighted by atomic mass is 10.2. The molecule has 0 heterocycles. The van der Waals surface area contributed by atoms with Gasteiger partial charge in [-0.25, -0.2) is 14.0 Å². The SMILES string of the molecule is CC.CC(C)(C)OC(N)=O.COC(=O)c1cc(N)c(SCCC(=O)O)cc1F. The maximum atomic E-state index is 13.6. The summed E-state index contributed by atoms with van der Waals surface area (Å²) < 4.78 is 22.5. The molecule has 160 valence electrons. The first-order valence-electron chi connectivity index (χ1n) is 8.37. The van der Waals surface area contributed by atoms with Crippen molar-refractivity contribution in [1.29, 1.82) is 0 Å². The zero-order valence-corrected chi connectivity index (χ0v) is 17.8. The highest BCUT2D eigenvalue weighted by Crippen LogP contribution is 2.28. The van der Waals surface area contributed by atoms with E-state index in [9.17, 15) is 18.8 Å². The summed E-state index contributed by atoms with van der Waals surface area (Å²) in [4.78, 5) is 32.0. The normalized spacial score (nSPS) is 9.82. The molecule has 0 spiro atoms. The van der Waals surface area contributed by atoms with Crippen molar-refractivity contribution in [2.75, 3.05) is 18.6 Å². The summed E-state index contributed by atoms with van der Waals surface area (Å²) in [5, 5.41) is 8.48. The summed E-state index contributed by atoms with van der Waals surface area (Å²) in [5.41, 5.74) is 9.90. The first-order chi connectivity index (χ1) is 12.9. The van der Waals surface area contributed by atoms with Crippen LogP contribution in [-0.4, -0.2) is 41.6 Å². The molecule has 1 aromatic carbocycles. The minimum Gasteiger partial charge on any atom is -0.481 e. The average molecular weight is 421 g/mol. The van der Waals surface area contributed by atoms with E-state index in [-0.39, 0.29) is 23.4 Å². The Morgan fingerprint density at radius 3 is 2.11 bits per heavy atom. The van der Waals surface area contributed by atoms with Gasteiger partial charge in [0, 0.05) is 16.3 Å². The van der Waals surface area contributed by atoms with Crippen LogP contribution in [0.5, 0.6) is 0 Å². The number of carboxylic acids is 1. The minimum absolute atomic E-state index is 0.0511. The van der Waals surface area contributed by atoms with Crippen molar-refractivity contribution < 1.29 is 33.4 Å². The molecule has 1 rings (SSSR count). The molecule has 28 heavy (non-hydrogen) atoms. The fourth-order valence-corrected chi connectivity index (χ4v) is 2.42. The summed E-state index contributed by atoms with van der Waals surface area (Å²) in [7, 11) is 1.15. The number of hydrogen-bond acceptors (Lipinski definition) is 7. The maximum absolute atomic E-state index is 13.6.